The minimum atomic E-state index is -1.57. The Morgan fingerprint density at radius 2 is 0.985 bits per heavy atom. The fourth-order valence-corrected chi connectivity index (χ4v) is 8.54. The monoisotopic (exact) mass is 950 g/mol. The van der Waals surface area contributed by atoms with E-state index in [0.717, 1.165) is 89.9 Å². The Hall–Kier alpha value is -2.12. The fourth-order valence-electron chi connectivity index (χ4n) is 8.54. The first-order valence-electron chi connectivity index (χ1n) is 27.8. The Kier molecular flexibility index (Phi) is 43.4. The third-order valence-corrected chi connectivity index (χ3v) is 13.0. The van der Waals surface area contributed by atoms with Gasteiger partial charge in [-0.25, -0.2) is 0 Å². The third kappa shape index (κ3) is 36.5. The van der Waals surface area contributed by atoms with Crippen LogP contribution in [0.1, 0.15) is 245 Å². The van der Waals surface area contributed by atoms with Crippen molar-refractivity contribution in [3.63, 3.8) is 0 Å². The Morgan fingerprint density at radius 3 is 1.48 bits per heavy atom. The van der Waals surface area contributed by atoms with Crippen LogP contribution in [-0.4, -0.2) is 100 Å². The van der Waals surface area contributed by atoms with Crippen LogP contribution in [0.5, 0.6) is 0 Å². The highest BCUT2D eigenvalue weighted by Gasteiger charge is 2.44. The van der Waals surface area contributed by atoms with Crippen LogP contribution in [0.3, 0.4) is 0 Å². The predicted octanol–water partition coefficient (Wildman–Crippen LogP) is 11.9. The van der Waals surface area contributed by atoms with Gasteiger partial charge in [0.2, 0.25) is 5.91 Å². The van der Waals surface area contributed by atoms with Crippen molar-refractivity contribution in [2.75, 3.05) is 19.8 Å². The second-order valence-electron chi connectivity index (χ2n) is 19.3. The van der Waals surface area contributed by atoms with E-state index in [1.165, 1.54) is 128 Å². The van der Waals surface area contributed by atoms with Crippen LogP contribution in [0.2, 0.25) is 0 Å². The molecule has 1 rings (SSSR count). The number of hydrogen-bond acceptors (Lipinski definition) is 10. The van der Waals surface area contributed by atoms with E-state index in [0.29, 0.717) is 19.4 Å². The van der Waals surface area contributed by atoms with Gasteiger partial charge in [0.25, 0.3) is 0 Å². The summed E-state index contributed by atoms with van der Waals surface area (Å²) in [6.45, 7) is 4.25. The smallest absolute Gasteiger partial charge is 0.305 e. The van der Waals surface area contributed by atoms with Gasteiger partial charge in [-0.1, -0.05) is 204 Å². The number of hydrogen-bond donors (Lipinski definition) is 6. The molecule has 1 saturated heterocycles. The Bertz CT molecular complexity index is 1210. The van der Waals surface area contributed by atoms with Gasteiger partial charge in [0.1, 0.15) is 24.4 Å². The summed E-state index contributed by atoms with van der Waals surface area (Å²) in [5, 5.41) is 54.1. The van der Waals surface area contributed by atoms with E-state index >= 15 is 0 Å². The Balaban J connectivity index is 2.10. The summed E-state index contributed by atoms with van der Waals surface area (Å²) in [6.07, 6.45) is 45.3. The van der Waals surface area contributed by atoms with Crippen LogP contribution < -0.4 is 5.32 Å². The standard InChI is InChI=1S/C56H103NO10/c1-3-5-7-9-11-13-23-28-32-36-40-44-52(61)65-45-41-37-33-29-25-22-20-18-16-14-15-17-19-21-24-27-31-35-39-43-51(60)57-48(49(59)42-38-34-30-26-12-10-8-6-4-2)47-66-56-55(64)54(63)53(62)50(46-58)67-56/h18,20,22,25,38,42,48-50,53-56,58-59,62-64H,3-17,19,21,23-24,26-37,39-41,43-47H2,1-2H3,(H,57,60)/b20-18-,25-22-,42-38+. The number of amides is 1. The minimum Gasteiger partial charge on any atom is -0.466 e. The minimum absolute atomic E-state index is 0.0291. The molecule has 7 atom stereocenters. The molecule has 0 aliphatic carbocycles. The summed E-state index contributed by atoms with van der Waals surface area (Å²) in [5.74, 6) is -0.223. The third-order valence-electron chi connectivity index (χ3n) is 13.0. The fraction of sp³-hybridized carbons (Fsp3) is 0.857. The Morgan fingerprint density at radius 1 is 0.552 bits per heavy atom. The summed E-state index contributed by atoms with van der Waals surface area (Å²) in [5.41, 5.74) is 0. The molecule has 1 aliphatic rings. The SMILES string of the molecule is CCCCCCCCC/C=C/C(O)C(COC1OC(CO)C(O)C(O)C1O)NC(=O)CCCCCCCCCCCC/C=C\C=C/CCCCCOC(=O)CCCCCCCCCCCCC. The quantitative estimate of drug-likeness (QED) is 0.0149. The van der Waals surface area contributed by atoms with Crippen LogP contribution in [0.4, 0.5) is 0 Å². The van der Waals surface area contributed by atoms with Crippen LogP contribution in [0.25, 0.3) is 0 Å². The second-order valence-corrected chi connectivity index (χ2v) is 19.3. The first kappa shape index (κ1) is 62.9. The maximum absolute atomic E-state index is 13.0. The van der Waals surface area contributed by atoms with Gasteiger partial charge in [-0.15, -0.1) is 0 Å². The summed E-state index contributed by atoms with van der Waals surface area (Å²) >= 11 is 0. The lowest BCUT2D eigenvalue weighted by atomic mass is 9.99. The average Bonchev–Trinajstić information content (AvgIpc) is 3.32. The molecule has 0 aromatic heterocycles. The molecule has 0 aromatic carbocycles. The number of carbonyl (C=O) groups excluding carboxylic acids is 2. The maximum atomic E-state index is 13.0. The van der Waals surface area contributed by atoms with Crippen LogP contribution in [0.15, 0.2) is 36.5 Å². The van der Waals surface area contributed by atoms with Gasteiger partial charge < -0.3 is 45.1 Å². The molecule has 11 nitrogen and oxygen atoms in total. The molecule has 1 aliphatic heterocycles. The molecule has 0 saturated carbocycles. The number of nitrogens with one attached hydrogen (secondary N) is 1. The number of rotatable bonds is 47. The number of esters is 1. The molecule has 67 heavy (non-hydrogen) atoms. The lowest BCUT2D eigenvalue weighted by Gasteiger charge is -2.40. The number of unbranched alkanes of at least 4 members (excludes halogenated alkanes) is 30. The van der Waals surface area contributed by atoms with Crippen molar-refractivity contribution in [1.82, 2.24) is 5.32 Å². The summed E-state index contributed by atoms with van der Waals surface area (Å²) < 4.78 is 16.6. The molecule has 1 fully saturated rings. The largest absolute Gasteiger partial charge is 0.466 e. The molecule has 0 radical (unpaired) electrons. The molecular formula is C56H103NO10. The molecule has 0 aromatic rings. The lowest BCUT2D eigenvalue weighted by molar-refractivity contribution is -0.302. The van der Waals surface area contributed by atoms with Gasteiger partial charge in [-0.3, -0.25) is 9.59 Å². The first-order valence-corrected chi connectivity index (χ1v) is 27.8. The molecule has 6 N–H and O–H groups in total. The molecule has 1 amide bonds. The van der Waals surface area contributed by atoms with Gasteiger partial charge in [0, 0.05) is 12.8 Å². The zero-order chi connectivity index (χ0) is 48.8. The van der Waals surface area contributed by atoms with Crippen LogP contribution in [0, 0.1) is 0 Å². The summed E-state index contributed by atoms with van der Waals surface area (Å²) in [7, 11) is 0. The van der Waals surface area contributed by atoms with E-state index < -0.39 is 49.5 Å². The van der Waals surface area contributed by atoms with E-state index in [4.69, 9.17) is 14.2 Å². The molecule has 7 unspecified atom stereocenters. The Labute approximate surface area is 409 Å². The molecular weight excluding hydrogens is 847 g/mol. The van der Waals surface area contributed by atoms with Gasteiger partial charge in [0.05, 0.1) is 32.0 Å². The highest BCUT2D eigenvalue weighted by atomic mass is 16.7. The van der Waals surface area contributed by atoms with E-state index in [-0.39, 0.29) is 18.5 Å². The zero-order valence-electron chi connectivity index (χ0n) is 42.9. The van der Waals surface area contributed by atoms with E-state index in [2.05, 4.69) is 43.5 Å². The van der Waals surface area contributed by atoms with E-state index in [9.17, 15) is 35.1 Å². The molecule has 11 heteroatoms. The summed E-state index contributed by atoms with van der Waals surface area (Å²) in [4.78, 5) is 25.0. The van der Waals surface area contributed by atoms with E-state index in [1.54, 1.807) is 6.08 Å². The van der Waals surface area contributed by atoms with E-state index in [1.807, 2.05) is 6.08 Å². The highest BCUT2D eigenvalue weighted by molar-refractivity contribution is 5.76. The topological polar surface area (TPSA) is 175 Å². The highest BCUT2D eigenvalue weighted by Crippen LogP contribution is 2.23. The number of aliphatic hydroxyl groups is 5. The van der Waals surface area contributed by atoms with Crippen molar-refractivity contribution >= 4 is 11.9 Å². The number of allylic oxidation sites excluding steroid dienone is 5. The molecule has 392 valence electrons. The van der Waals surface area contributed by atoms with Crippen molar-refractivity contribution in [2.24, 2.45) is 0 Å². The van der Waals surface area contributed by atoms with Crippen molar-refractivity contribution in [3.8, 4) is 0 Å². The van der Waals surface area contributed by atoms with Crippen molar-refractivity contribution in [3.05, 3.63) is 36.5 Å². The maximum Gasteiger partial charge on any atom is 0.305 e. The zero-order valence-corrected chi connectivity index (χ0v) is 42.9. The predicted molar refractivity (Wildman–Crippen MR) is 274 cm³/mol. The van der Waals surface area contributed by atoms with Gasteiger partial charge >= 0.3 is 5.97 Å². The number of aliphatic hydroxyl groups excluding tert-OH is 5. The normalized spacial score (nSPS) is 19.8. The lowest BCUT2D eigenvalue weighted by Crippen LogP contribution is -2.60. The molecule has 0 spiro atoms. The summed E-state index contributed by atoms with van der Waals surface area (Å²) in [6, 6.07) is -0.816. The molecule has 0 bridgehead atoms. The van der Waals surface area contributed by atoms with Gasteiger partial charge in [0.15, 0.2) is 6.29 Å². The van der Waals surface area contributed by atoms with Gasteiger partial charge in [-0.05, 0) is 64.2 Å². The second kappa shape index (κ2) is 46.3. The first-order chi connectivity index (χ1) is 32.7. The van der Waals surface area contributed by atoms with Crippen molar-refractivity contribution < 1.29 is 49.3 Å². The van der Waals surface area contributed by atoms with Crippen LogP contribution in [-0.2, 0) is 23.8 Å². The number of carbonyl (C=O) groups is 2. The van der Waals surface area contributed by atoms with Crippen LogP contribution >= 0.6 is 0 Å². The van der Waals surface area contributed by atoms with Crippen molar-refractivity contribution in [2.45, 2.75) is 288 Å². The average molecular weight is 950 g/mol. The number of ether oxygens (including phenoxy) is 3. The molecule has 1 heterocycles. The van der Waals surface area contributed by atoms with Gasteiger partial charge in [-0.2, -0.15) is 0 Å². The van der Waals surface area contributed by atoms with Crippen molar-refractivity contribution in [1.29, 1.82) is 0 Å².